The summed E-state index contributed by atoms with van der Waals surface area (Å²) in [5.74, 6) is -0.527. The van der Waals surface area contributed by atoms with Gasteiger partial charge in [0.05, 0.1) is 4.90 Å². The molecule has 0 fully saturated rings. The molecular weight excluding hydrogens is 256 g/mol. The number of ether oxygens (including phenoxy) is 1. The van der Waals surface area contributed by atoms with E-state index in [9.17, 15) is 13.2 Å². The zero-order valence-corrected chi connectivity index (χ0v) is 10.7. The van der Waals surface area contributed by atoms with Gasteiger partial charge in [-0.05, 0) is 18.2 Å². The van der Waals surface area contributed by atoms with Crippen LogP contribution in [0.1, 0.15) is 6.92 Å². The van der Waals surface area contributed by atoms with Crippen molar-refractivity contribution < 1.29 is 22.1 Å². The highest BCUT2D eigenvalue weighted by molar-refractivity contribution is 7.86. The van der Waals surface area contributed by atoms with Crippen molar-refractivity contribution in [1.82, 2.24) is 0 Å². The lowest BCUT2D eigenvalue weighted by molar-refractivity contribution is -0.145. The third-order valence-electron chi connectivity index (χ3n) is 2.00. The monoisotopic (exact) mass is 270 g/mol. The number of rotatable bonds is 6. The Labute approximate surface area is 106 Å². The number of carbonyl (C=O) groups is 1. The summed E-state index contributed by atoms with van der Waals surface area (Å²) in [4.78, 5) is 10.8. The molecule has 0 radical (unpaired) electrons. The summed E-state index contributed by atoms with van der Waals surface area (Å²) in [6.07, 6.45) is 0.517. The molecule has 0 heterocycles. The van der Waals surface area contributed by atoms with Crippen molar-refractivity contribution in [2.45, 2.75) is 17.9 Å². The van der Waals surface area contributed by atoms with E-state index >= 15 is 0 Å². The Hall–Kier alpha value is -1.66. The third-order valence-corrected chi connectivity index (χ3v) is 3.30. The second kappa shape index (κ2) is 6.32. The molecule has 0 N–H and O–H groups in total. The average Bonchev–Trinajstić information content (AvgIpc) is 2.35. The fourth-order valence-corrected chi connectivity index (χ4v) is 2.12. The largest absolute Gasteiger partial charge is 0.456 e. The predicted molar refractivity (Wildman–Crippen MR) is 65.3 cm³/mol. The summed E-state index contributed by atoms with van der Waals surface area (Å²) < 4.78 is 33.1. The number of carbonyl (C=O) groups excluding carboxylic acids is 1. The first-order valence-electron chi connectivity index (χ1n) is 5.20. The summed E-state index contributed by atoms with van der Waals surface area (Å²) in [7, 11) is -3.84. The van der Waals surface area contributed by atoms with Crippen LogP contribution < -0.4 is 0 Å². The molecule has 1 aromatic carbocycles. The summed E-state index contributed by atoms with van der Waals surface area (Å²) >= 11 is 0. The van der Waals surface area contributed by atoms with Crippen LogP contribution in [0.3, 0.4) is 0 Å². The van der Waals surface area contributed by atoms with Crippen LogP contribution in [0.5, 0.6) is 0 Å². The molecule has 5 nitrogen and oxygen atoms in total. The number of hydrogen-bond acceptors (Lipinski definition) is 5. The van der Waals surface area contributed by atoms with Gasteiger partial charge in [0.1, 0.15) is 12.7 Å². The molecule has 0 aromatic heterocycles. The maximum Gasteiger partial charge on any atom is 0.303 e. The van der Waals surface area contributed by atoms with E-state index in [0.29, 0.717) is 0 Å². The quantitative estimate of drug-likeness (QED) is 0.445. The first-order valence-corrected chi connectivity index (χ1v) is 6.61. The topological polar surface area (TPSA) is 69.7 Å². The van der Waals surface area contributed by atoms with Crippen LogP contribution in [0, 0.1) is 0 Å². The molecule has 0 aliphatic rings. The number of hydrogen-bond donors (Lipinski definition) is 0. The molecule has 0 saturated carbocycles. The molecule has 0 spiro atoms. The Kier molecular flexibility index (Phi) is 5.06. The standard InChI is InChI=1S/C12H14O5S/c1-3-11(17-10(2)13)9-16-18(14,15)12-7-5-4-6-8-12/h3-8,11H,1,9H2,2H3/t11-/m1/s1. The third kappa shape index (κ3) is 4.31. The Morgan fingerprint density at radius 3 is 2.50 bits per heavy atom. The lowest BCUT2D eigenvalue weighted by atomic mass is 10.4. The summed E-state index contributed by atoms with van der Waals surface area (Å²) in [6, 6.07) is 7.72. The van der Waals surface area contributed by atoms with Gasteiger partial charge in [-0.25, -0.2) is 0 Å². The zero-order chi connectivity index (χ0) is 13.6. The van der Waals surface area contributed by atoms with Crippen LogP contribution in [-0.4, -0.2) is 27.1 Å². The van der Waals surface area contributed by atoms with E-state index in [1.54, 1.807) is 18.2 Å². The van der Waals surface area contributed by atoms with Crippen LogP contribution in [-0.2, 0) is 23.8 Å². The Bertz CT molecular complexity index is 507. The van der Waals surface area contributed by atoms with Crippen LogP contribution in [0.2, 0.25) is 0 Å². The molecule has 0 aliphatic heterocycles. The van der Waals surface area contributed by atoms with Gasteiger partial charge in [-0.3, -0.25) is 8.98 Å². The van der Waals surface area contributed by atoms with E-state index in [0.717, 1.165) is 0 Å². The van der Waals surface area contributed by atoms with Gasteiger partial charge in [-0.1, -0.05) is 24.8 Å². The smallest absolute Gasteiger partial charge is 0.303 e. The molecule has 6 heteroatoms. The van der Waals surface area contributed by atoms with Crippen molar-refractivity contribution >= 4 is 16.1 Å². The lowest BCUT2D eigenvalue weighted by Gasteiger charge is -2.12. The van der Waals surface area contributed by atoms with Gasteiger partial charge < -0.3 is 4.74 Å². The van der Waals surface area contributed by atoms with Gasteiger partial charge in [0.25, 0.3) is 10.1 Å². The molecule has 0 bridgehead atoms. The minimum Gasteiger partial charge on any atom is -0.456 e. The zero-order valence-electron chi connectivity index (χ0n) is 9.91. The molecule has 98 valence electrons. The van der Waals surface area contributed by atoms with Crippen molar-refractivity contribution in [2.24, 2.45) is 0 Å². The molecule has 1 aromatic rings. The minimum absolute atomic E-state index is 0.0515. The molecule has 0 unspecified atom stereocenters. The van der Waals surface area contributed by atoms with Crippen LogP contribution >= 0.6 is 0 Å². The van der Waals surface area contributed by atoms with Crippen molar-refractivity contribution in [3.05, 3.63) is 43.0 Å². The average molecular weight is 270 g/mol. The van der Waals surface area contributed by atoms with Gasteiger partial charge in [-0.2, -0.15) is 8.42 Å². The van der Waals surface area contributed by atoms with E-state index < -0.39 is 22.2 Å². The summed E-state index contributed by atoms with van der Waals surface area (Å²) in [6.45, 7) is 4.37. The van der Waals surface area contributed by atoms with E-state index in [1.165, 1.54) is 25.1 Å². The van der Waals surface area contributed by atoms with Crippen LogP contribution in [0.25, 0.3) is 0 Å². The molecular formula is C12H14O5S. The van der Waals surface area contributed by atoms with E-state index in [4.69, 9.17) is 8.92 Å². The fourth-order valence-electron chi connectivity index (χ4n) is 1.18. The summed E-state index contributed by atoms with van der Waals surface area (Å²) in [5, 5.41) is 0. The molecule has 1 atom stereocenters. The van der Waals surface area contributed by atoms with Crippen molar-refractivity contribution in [2.75, 3.05) is 6.61 Å². The minimum atomic E-state index is -3.84. The Balaban J connectivity index is 2.67. The van der Waals surface area contributed by atoms with Crippen molar-refractivity contribution in [1.29, 1.82) is 0 Å². The number of benzene rings is 1. The molecule has 0 amide bonds. The highest BCUT2D eigenvalue weighted by Crippen LogP contribution is 2.12. The second-order valence-corrected chi connectivity index (χ2v) is 5.05. The van der Waals surface area contributed by atoms with Gasteiger partial charge in [0, 0.05) is 6.92 Å². The maximum atomic E-state index is 11.7. The van der Waals surface area contributed by atoms with E-state index in [2.05, 4.69) is 6.58 Å². The molecule has 0 aliphatic carbocycles. The highest BCUT2D eigenvalue weighted by Gasteiger charge is 2.18. The Morgan fingerprint density at radius 2 is 2.00 bits per heavy atom. The SMILES string of the molecule is C=C[C@H](COS(=O)(=O)c1ccccc1)OC(C)=O. The molecule has 1 rings (SSSR count). The molecule has 0 saturated heterocycles. The van der Waals surface area contributed by atoms with Gasteiger partial charge in [0.15, 0.2) is 0 Å². The van der Waals surface area contributed by atoms with Gasteiger partial charge in [-0.15, -0.1) is 0 Å². The van der Waals surface area contributed by atoms with Crippen LogP contribution in [0.4, 0.5) is 0 Å². The number of esters is 1. The Morgan fingerprint density at radius 1 is 1.39 bits per heavy atom. The lowest BCUT2D eigenvalue weighted by Crippen LogP contribution is -2.22. The first-order chi connectivity index (χ1) is 8.45. The highest BCUT2D eigenvalue weighted by atomic mass is 32.2. The maximum absolute atomic E-state index is 11.7. The first kappa shape index (κ1) is 14.4. The molecule has 18 heavy (non-hydrogen) atoms. The van der Waals surface area contributed by atoms with E-state index in [-0.39, 0.29) is 11.5 Å². The van der Waals surface area contributed by atoms with Gasteiger partial charge in [0.2, 0.25) is 0 Å². The predicted octanol–water partition coefficient (Wildman–Crippen LogP) is 1.51. The summed E-state index contributed by atoms with van der Waals surface area (Å²) in [5.41, 5.74) is 0. The van der Waals surface area contributed by atoms with Crippen molar-refractivity contribution in [3.8, 4) is 0 Å². The van der Waals surface area contributed by atoms with Crippen molar-refractivity contribution in [3.63, 3.8) is 0 Å². The fraction of sp³-hybridized carbons (Fsp3) is 0.250. The van der Waals surface area contributed by atoms with Crippen LogP contribution in [0.15, 0.2) is 47.9 Å². The van der Waals surface area contributed by atoms with Gasteiger partial charge >= 0.3 is 5.97 Å². The van der Waals surface area contributed by atoms with E-state index in [1.807, 2.05) is 0 Å². The normalized spacial score (nSPS) is 12.7. The second-order valence-electron chi connectivity index (χ2n) is 3.44.